The number of rotatable bonds is 7. The van der Waals surface area contributed by atoms with E-state index in [-0.39, 0.29) is 5.69 Å². The van der Waals surface area contributed by atoms with Crippen LogP contribution in [0.1, 0.15) is 4.88 Å². The summed E-state index contributed by atoms with van der Waals surface area (Å²) in [5.74, 6) is 0.556. The summed E-state index contributed by atoms with van der Waals surface area (Å²) in [5.41, 5.74) is 3.25. The number of benzene rings is 2. The predicted molar refractivity (Wildman–Crippen MR) is 131 cm³/mol. The third-order valence-electron chi connectivity index (χ3n) is 5.47. The van der Waals surface area contributed by atoms with E-state index in [4.69, 9.17) is 9.72 Å². The first kappa shape index (κ1) is 22.1. The van der Waals surface area contributed by atoms with E-state index in [1.807, 2.05) is 18.2 Å². The van der Waals surface area contributed by atoms with Gasteiger partial charge >= 0.3 is 0 Å². The van der Waals surface area contributed by atoms with E-state index in [0.29, 0.717) is 17.1 Å². The second-order valence-electron chi connectivity index (χ2n) is 7.78. The van der Waals surface area contributed by atoms with Gasteiger partial charge in [-0.3, -0.25) is 15.0 Å². The maximum absolute atomic E-state index is 11.0. The minimum absolute atomic E-state index is 0.0190. The topological polar surface area (TPSA) is 106 Å². The molecule has 0 atom stereocenters. The number of morpholine rings is 1. The Morgan fingerprint density at radius 3 is 2.53 bits per heavy atom. The SMILES string of the molecule is O=[N+]([O-])c1cccc(-c2ccc(Nc3nc(-c4ccccc4)c(CN4CCOCC4)s3)nn2)c1. The molecule has 1 saturated heterocycles. The second kappa shape index (κ2) is 10.0. The van der Waals surface area contributed by atoms with Gasteiger partial charge in [0.2, 0.25) is 0 Å². The zero-order valence-corrected chi connectivity index (χ0v) is 19.1. The van der Waals surface area contributed by atoms with E-state index in [9.17, 15) is 10.1 Å². The van der Waals surface area contributed by atoms with Crippen molar-refractivity contribution < 1.29 is 9.66 Å². The molecule has 172 valence electrons. The molecule has 0 spiro atoms. The Morgan fingerprint density at radius 1 is 1.00 bits per heavy atom. The molecule has 0 amide bonds. The smallest absolute Gasteiger partial charge is 0.270 e. The van der Waals surface area contributed by atoms with Crippen LogP contribution in [0.15, 0.2) is 66.7 Å². The molecule has 4 aromatic rings. The number of thiazole rings is 1. The van der Waals surface area contributed by atoms with E-state index in [2.05, 4.69) is 32.5 Å². The van der Waals surface area contributed by atoms with Crippen molar-refractivity contribution in [3.63, 3.8) is 0 Å². The molecule has 1 N–H and O–H groups in total. The summed E-state index contributed by atoms with van der Waals surface area (Å²) in [7, 11) is 0. The number of hydrogen-bond donors (Lipinski definition) is 1. The Hall–Kier alpha value is -3.73. The fourth-order valence-corrected chi connectivity index (χ4v) is 4.77. The van der Waals surface area contributed by atoms with Gasteiger partial charge in [0.15, 0.2) is 10.9 Å². The molecule has 9 nitrogen and oxygen atoms in total. The summed E-state index contributed by atoms with van der Waals surface area (Å²) in [6.07, 6.45) is 0. The van der Waals surface area contributed by atoms with Gasteiger partial charge in [-0.15, -0.1) is 10.2 Å². The van der Waals surface area contributed by atoms with E-state index in [1.165, 1.54) is 17.0 Å². The molecular weight excluding hydrogens is 452 g/mol. The van der Waals surface area contributed by atoms with Crippen LogP contribution in [0.2, 0.25) is 0 Å². The first-order chi connectivity index (χ1) is 16.7. The van der Waals surface area contributed by atoms with Crippen molar-refractivity contribution in [3.05, 3.63) is 81.7 Å². The Balaban J connectivity index is 1.37. The highest BCUT2D eigenvalue weighted by molar-refractivity contribution is 7.16. The van der Waals surface area contributed by atoms with E-state index in [1.54, 1.807) is 35.6 Å². The minimum atomic E-state index is -0.422. The fourth-order valence-electron chi connectivity index (χ4n) is 3.74. The Bertz CT molecular complexity index is 1270. The molecule has 34 heavy (non-hydrogen) atoms. The van der Waals surface area contributed by atoms with Crippen molar-refractivity contribution in [2.75, 3.05) is 31.6 Å². The Kier molecular flexibility index (Phi) is 6.52. The van der Waals surface area contributed by atoms with Crippen molar-refractivity contribution in [3.8, 4) is 22.5 Å². The molecule has 0 saturated carbocycles. The van der Waals surface area contributed by atoms with Crippen LogP contribution >= 0.6 is 11.3 Å². The number of anilines is 2. The molecule has 1 fully saturated rings. The zero-order chi connectivity index (χ0) is 23.3. The summed E-state index contributed by atoms with van der Waals surface area (Å²) in [6.45, 7) is 4.11. The lowest BCUT2D eigenvalue weighted by Gasteiger charge is -2.26. The maximum atomic E-state index is 11.0. The number of non-ortho nitro benzene ring substituents is 1. The highest BCUT2D eigenvalue weighted by Gasteiger charge is 2.18. The van der Waals surface area contributed by atoms with Crippen LogP contribution in [0.5, 0.6) is 0 Å². The van der Waals surface area contributed by atoms with Gasteiger partial charge in [-0.1, -0.05) is 53.8 Å². The first-order valence-corrected chi connectivity index (χ1v) is 11.7. The van der Waals surface area contributed by atoms with Gasteiger partial charge in [-0.2, -0.15) is 0 Å². The predicted octanol–water partition coefficient (Wildman–Crippen LogP) is 4.75. The third kappa shape index (κ3) is 5.09. The van der Waals surface area contributed by atoms with Gasteiger partial charge in [-0.25, -0.2) is 4.98 Å². The van der Waals surface area contributed by atoms with Crippen LogP contribution in [-0.2, 0) is 11.3 Å². The molecule has 5 rings (SSSR count). The molecule has 0 unspecified atom stereocenters. The summed E-state index contributed by atoms with van der Waals surface area (Å²) >= 11 is 1.60. The Labute approximate surface area is 200 Å². The van der Waals surface area contributed by atoms with Crippen LogP contribution in [0.3, 0.4) is 0 Å². The highest BCUT2D eigenvalue weighted by Crippen LogP contribution is 2.33. The Morgan fingerprint density at radius 2 is 1.79 bits per heavy atom. The van der Waals surface area contributed by atoms with Gasteiger partial charge in [0.25, 0.3) is 5.69 Å². The van der Waals surface area contributed by atoms with Crippen molar-refractivity contribution in [2.45, 2.75) is 6.54 Å². The van der Waals surface area contributed by atoms with E-state index < -0.39 is 4.92 Å². The van der Waals surface area contributed by atoms with Gasteiger partial charge in [0.1, 0.15) is 0 Å². The molecular formula is C24H22N6O3S. The molecule has 10 heteroatoms. The molecule has 2 aromatic carbocycles. The summed E-state index contributed by atoms with van der Waals surface area (Å²) in [5, 5.41) is 23.5. The summed E-state index contributed by atoms with van der Waals surface area (Å²) in [6, 6.07) is 20.1. The monoisotopic (exact) mass is 474 g/mol. The number of nitrogens with one attached hydrogen (secondary N) is 1. The molecule has 3 heterocycles. The van der Waals surface area contributed by atoms with Crippen LogP contribution in [0.4, 0.5) is 16.6 Å². The van der Waals surface area contributed by atoms with Crippen molar-refractivity contribution >= 4 is 28.0 Å². The maximum Gasteiger partial charge on any atom is 0.270 e. The largest absolute Gasteiger partial charge is 0.379 e. The van der Waals surface area contributed by atoms with Gasteiger partial charge < -0.3 is 10.1 Å². The molecule has 1 aliphatic heterocycles. The van der Waals surface area contributed by atoms with Gasteiger partial charge in [0.05, 0.1) is 29.5 Å². The fraction of sp³-hybridized carbons (Fsp3) is 0.208. The molecule has 2 aromatic heterocycles. The molecule has 0 radical (unpaired) electrons. The standard InChI is InChI=1S/C24H22N6O3S/c31-30(32)19-8-4-7-18(15-19)20-9-10-22(28-27-20)25-24-26-23(17-5-2-1-3-6-17)21(34-24)16-29-11-13-33-14-12-29/h1-10,15H,11-14,16H2,(H,25,26,28). The first-order valence-electron chi connectivity index (χ1n) is 10.9. The number of nitrogens with zero attached hydrogens (tertiary/aromatic N) is 5. The van der Waals surface area contributed by atoms with Crippen LogP contribution in [-0.4, -0.2) is 51.3 Å². The lowest BCUT2D eigenvalue weighted by molar-refractivity contribution is -0.384. The average molecular weight is 475 g/mol. The molecule has 1 aliphatic rings. The van der Waals surface area contributed by atoms with Crippen LogP contribution in [0.25, 0.3) is 22.5 Å². The van der Waals surface area contributed by atoms with Crippen LogP contribution in [0, 0.1) is 10.1 Å². The van der Waals surface area contributed by atoms with Crippen molar-refractivity contribution in [2.24, 2.45) is 0 Å². The van der Waals surface area contributed by atoms with Crippen LogP contribution < -0.4 is 5.32 Å². The normalized spacial score (nSPS) is 14.1. The van der Waals surface area contributed by atoms with E-state index >= 15 is 0 Å². The second-order valence-corrected chi connectivity index (χ2v) is 8.87. The van der Waals surface area contributed by atoms with Gasteiger partial charge in [0, 0.05) is 47.8 Å². The minimum Gasteiger partial charge on any atom is -0.379 e. The van der Waals surface area contributed by atoms with Gasteiger partial charge in [-0.05, 0) is 12.1 Å². The number of nitro groups is 1. The number of ether oxygens (including phenoxy) is 1. The number of hydrogen-bond acceptors (Lipinski definition) is 9. The highest BCUT2D eigenvalue weighted by atomic mass is 32.1. The molecule has 0 bridgehead atoms. The zero-order valence-electron chi connectivity index (χ0n) is 18.3. The third-order valence-corrected chi connectivity index (χ3v) is 6.42. The lowest BCUT2D eigenvalue weighted by atomic mass is 10.1. The van der Waals surface area contributed by atoms with Crippen molar-refractivity contribution in [1.82, 2.24) is 20.1 Å². The van der Waals surface area contributed by atoms with E-state index in [0.717, 1.165) is 49.2 Å². The molecule has 0 aliphatic carbocycles. The average Bonchev–Trinajstić information content (AvgIpc) is 3.27. The lowest BCUT2D eigenvalue weighted by Crippen LogP contribution is -2.35. The number of nitro benzene ring substituents is 1. The van der Waals surface area contributed by atoms with Crippen molar-refractivity contribution in [1.29, 1.82) is 0 Å². The number of aromatic nitrogens is 3. The summed E-state index contributed by atoms with van der Waals surface area (Å²) in [4.78, 5) is 19.0. The quantitative estimate of drug-likeness (QED) is 0.302. The summed E-state index contributed by atoms with van der Waals surface area (Å²) < 4.78 is 5.48.